The van der Waals surface area contributed by atoms with E-state index in [-0.39, 0.29) is 30.2 Å². The number of hydrogen-bond donors (Lipinski definition) is 2. The van der Waals surface area contributed by atoms with Crippen LogP contribution in [0.2, 0.25) is 0 Å². The van der Waals surface area contributed by atoms with Crippen molar-refractivity contribution in [2.45, 2.75) is 39.2 Å². The molecule has 0 bridgehead atoms. The SMILES string of the molecule is CC(C)C(=O)Nc1nc(CC(=O)N2CCCC2CN)cs1. The third-order valence-electron chi connectivity index (χ3n) is 3.61. The fraction of sp³-hybridized carbons (Fsp3) is 0.643. The quantitative estimate of drug-likeness (QED) is 0.856. The van der Waals surface area contributed by atoms with Gasteiger partial charge in [0.05, 0.1) is 12.1 Å². The first-order valence-corrected chi connectivity index (χ1v) is 8.14. The Morgan fingerprint density at radius 2 is 2.33 bits per heavy atom. The average molecular weight is 310 g/mol. The summed E-state index contributed by atoms with van der Waals surface area (Å²) in [5, 5.41) is 5.12. The first-order valence-electron chi connectivity index (χ1n) is 7.26. The summed E-state index contributed by atoms with van der Waals surface area (Å²) in [6, 6.07) is 0.163. The zero-order chi connectivity index (χ0) is 15.4. The monoisotopic (exact) mass is 310 g/mol. The van der Waals surface area contributed by atoms with Crippen LogP contribution in [0.15, 0.2) is 5.38 Å². The van der Waals surface area contributed by atoms with E-state index in [1.807, 2.05) is 24.1 Å². The molecule has 1 aromatic heterocycles. The Morgan fingerprint density at radius 3 is 3.00 bits per heavy atom. The predicted molar refractivity (Wildman–Crippen MR) is 83.1 cm³/mol. The van der Waals surface area contributed by atoms with E-state index in [9.17, 15) is 9.59 Å². The smallest absolute Gasteiger partial charge is 0.228 e. The van der Waals surface area contributed by atoms with Gasteiger partial charge in [-0.2, -0.15) is 0 Å². The third-order valence-corrected chi connectivity index (χ3v) is 4.41. The van der Waals surface area contributed by atoms with Gasteiger partial charge >= 0.3 is 0 Å². The molecule has 21 heavy (non-hydrogen) atoms. The molecule has 1 atom stereocenters. The van der Waals surface area contributed by atoms with Crippen molar-refractivity contribution in [1.29, 1.82) is 0 Å². The number of amides is 2. The molecule has 0 spiro atoms. The van der Waals surface area contributed by atoms with Gasteiger partial charge in [-0.3, -0.25) is 9.59 Å². The summed E-state index contributed by atoms with van der Waals surface area (Å²) in [4.78, 5) is 30.0. The standard InChI is InChI=1S/C14H22N4O2S/c1-9(2)13(20)17-14-16-10(8-21-14)6-12(19)18-5-3-4-11(18)7-15/h8-9,11H,3-7,15H2,1-2H3,(H,16,17,20). The van der Waals surface area contributed by atoms with Gasteiger partial charge in [0.2, 0.25) is 11.8 Å². The van der Waals surface area contributed by atoms with Crippen molar-refractivity contribution in [2.75, 3.05) is 18.4 Å². The van der Waals surface area contributed by atoms with Crippen molar-refractivity contribution >= 4 is 28.3 Å². The lowest BCUT2D eigenvalue weighted by Crippen LogP contribution is -2.40. The molecule has 116 valence electrons. The Hall–Kier alpha value is -1.47. The average Bonchev–Trinajstić information content (AvgIpc) is 3.07. The summed E-state index contributed by atoms with van der Waals surface area (Å²) < 4.78 is 0. The van der Waals surface area contributed by atoms with Crippen LogP contribution in [-0.2, 0) is 16.0 Å². The highest BCUT2D eigenvalue weighted by Crippen LogP contribution is 2.20. The fourth-order valence-electron chi connectivity index (χ4n) is 2.36. The molecule has 0 aromatic carbocycles. The molecule has 0 radical (unpaired) electrons. The minimum atomic E-state index is -0.0890. The van der Waals surface area contributed by atoms with E-state index in [4.69, 9.17) is 5.73 Å². The van der Waals surface area contributed by atoms with Crippen LogP contribution in [0, 0.1) is 5.92 Å². The van der Waals surface area contributed by atoms with Crippen LogP contribution < -0.4 is 11.1 Å². The van der Waals surface area contributed by atoms with Gasteiger partial charge < -0.3 is 16.0 Å². The Labute approximate surface area is 128 Å². The molecule has 0 aliphatic carbocycles. The van der Waals surface area contributed by atoms with E-state index in [1.165, 1.54) is 11.3 Å². The number of nitrogens with zero attached hydrogens (tertiary/aromatic N) is 2. The van der Waals surface area contributed by atoms with Crippen LogP contribution in [-0.4, -0.2) is 40.8 Å². The van der Waals surface area contributed by atoms with Crippen molar-refractivity contribution in [3.63, 3.8) is 0 Å². The number of rotatable bonds is 5. The van der Waals surface area contributed by atoms with Crippen LogP contribution >= 0.6 is 11.3 Å². The van der Waals surface area contributed by atoms with E-state index < -0.39 is 0 Å². The van der Waals surface area contributed by atoms with Gasteiger partial charge in [0.15, 0.2) is 5.13 Å². The number of likely N-dealkylation sites (tertiary alicyclic amines) is 1. The number of aromatic nitrogens is 1. The van der Waals surface area contributed by atoms with E-state index in [0.717, 1.165) is 19.4 Å². The number of nitrogens with two attached hydrogens (primary N) is 1. The summed E-state index contributed by atoms with van der Waals surface area (Å²) in [7, 11) is 0. The topological polar surface area (TPSA) is 88.3 Å². The zero-order valence-corrected chi connectivity index (χ0v) is 13.3. The Morgan fingerprint density at radius 1 is 1.57 bits per heavy atom. The second-order valence-corrected chi connectivity index (χ2v) is 6.44. The van der Waals surface area contributed by atoms with Crippen molar-refractivity contribution in [2.24, 2.45) is 11.7 Å². The normalized spacial score (nSPS) is 18.3. The maximum absolute atomic E-state index is 12.3. The van der Waals surface area contributed by atoms with Crippen LogP contribution in [0.3, 0.4) is 0 Å². The largest absolute Gasteiger partial charge is 0.338 e. The number of carbonyl (C=O) groups excluding carboxylic acids is 2. The number of carbonyl (C=O) groups is 2. The molecule has 3 N–H and O–H groups in total. The minimum Gasteiger partial charge on any atom is -0.338 e. The van der Waals surface area contributed by atoms with Gasteiger partial charge in [-0.25, -0.2) is 4.98 Å². The summed E-state index contributed by atoms with van der Waals surface area (Å²) in [6.07, 6.45) is 2.26. The first-order chi connectivity index (χ1) is 10.0. The number of thiazole rings is 1. The molecular weight excluding hydrogens is 288 g/mol. The molecular formula is C14H22N4O2S. The van der Waals surface area contributed by atoms with E-state index in [2.05, 4.69) is 10.3 Å². The van der Waals surface area contributed by atoms with E-state index in [0.29, 0.717) is 17.4 Å². The minimum absolute atomic E-state index is 0.0648. The lowest BCUT2D eigenvalue weighted by atomic mass is 10.2. The molecule has 1 unspecified atom stereocenters. The van der Waals surface area contributed by atoms with Gasteiger partial charge in [0.1, 0.15) is 0 Å². The summed E-state index contributed by atoms with van der Waals surface area (Å²) >= 11 is 1.35. The summed E-state index contributed by atoms with van der Waals surface area (Å²) in [5.41, 5.74) is 6.39. The van der Waals surface area contributed by atoms with Crippen LogP contribution in [0.5, 0.6) is 0 Å². The van der Waals surface area contributed by atoms with Crippen LogP contribution in [0.25, 0.3) is 0 Å². The number of hydrogen-bond acceptors (Lipinski definition) is 5. The van der Waals surface area contributed by atoms with Crippen molar-refractivity contribution in [3.8, 4) is 0 Å². The van der Waals surface area contributed by atoms with Gasteiger partial charge in [0, 0.05) is 30.4 Å². The molecule has 7 heteroatoms. The second-order valence-electron chi connectivity index (χ2n) is 5.58. The van der Waals surface area contributed by atoms with E-state index in [1.54, 1.807) is 0 Å². The maximum atomic E-state index is 12.3. The van der Waals surface area contributed by atoms with Gasteiger partial charge in [0.25, 0.3) is 0 Å². The zero-order valence-electron chi connectivity index (χ0n) is 12.5. The third kappa shape index (κ3) is 4.01. The Balaban J connectivity index is 1.93. The van der Waals surface area contributed by atoms with Crippen molar-refractivity contribution in [3.05, 3.63) is 11.1 Å². The second kappa shape index (κ2) is 7.00. The molecule has 1 fully saturated rings. The van der Waals surface area contributed by atoms with Gasteiger partial charge in [-0.15, -0.1) is 11.3 Å². The predicted octanol–water partition coefficient (Wildman–Crippen LogP) is 1.23. The van der Waals surface area contributed by atoms with Crippen molar-refractivity contribution in [1.82, 2.24) is 9.88 Å². The highest BCUT2D eigenvalue weighted by molar-refractivity contribution is 7.13. The van der Waals surface area contributed by atoms with Gasteiger partial charge in [-0.05, 0) is 12.8 Å². The lowest BCUT2D eigenvalue weighted by molar-refractivity contribution is -0.131. The summed E-state index contributed by atoms with van der Waals surface area (Å²) in [5.74, 6) is -0.0890. The highest BCUT2D eigenvalue weighted by Gasteiger charge is 2.27. The highest BCUT2D eigenvalue weighted by atomic mass is 32.1. The number of nitrogens with one attached hydrogen (secondary N) is 1. The molecule has 1 aromatic rings. The van der Waals surface area contributed by atoms with Gasteiger partial charge in [-0.1, -0.05) is 13.8 Å². The molecule has 1 saturated heterocycles. The molecule has 1 aliphatic heterocycles. The molecule has 0 saturated carbocycles. The van der Waals surface area contributed by atoms with E-state index >= 15 is 0 Å². The van der Waals surface area contributed by atoms with Crippen LogP contribution in [0.4, 0.5) is 5.13 Å². The molecule has 1 aliphatic rings. The first kappa shape index (κ1) is 15.9. The fourth-order valence-corrected chi connectivity index (χ4v) is 3.07. The molecule has 2 rings (SSSR count). The Bertz CT molecular complexity index is 515. The number of anilines is 1. The lowest BCUT2D eigenvalue weighted by Gasteiger charge is -2.23. The molecule has 2 heterocycles. The molecule has 6 nitrogen and oxygen atoms in total. The molecule has 2 amide bonds. The maximum Gasteiger partial charge on any atom is 0.228 e. The summed E-state index contributed by atoms with van der Waals surface area (Å²) in [6.45, 7) is 4.95. The van der Waals surface area contributed by atoms with Crippen LogP contribution in [0.1, 0.15) is 32.4 Å². The Kier molecular flexibility index (Phi) is 5.30. The van der Waals surface area contributed by atoms with Crippen molar-refractivity contribution < 1.29 is 9.59 Å².